The Morgan fingerprint density at radius 1 is 0.946 bits per heavy atom. The summed E-state index contributed by atoms with van der Waals surface area (Å²) in [5, 5.41) is 5.21. The van der Waals surface area contributed by atoms with Crippen molar-refractivity contribution in [2.24, 2.45) is 0 Å². The first-order valence-electron chi connectivity index (χ1n) is 12.4. The third kappa shape index (κ3) is 5.53. The molecule has 1 unspecified atom stereocenters. The zero-order chi connectivity index (χ0) is 26.3. The maximum absolute atomic E-state index is 12.7. The molecule has 0 radical (unpaired) electrons. The Labute approximate surface area is 219 Å². The largest absolute Gasteiger partial charge is 0.466 e. The molecule has 4 rings (SSSR count). The molecule has 1 aliphatic heterocycles. The summed E-state index contributed by atoms with van der Waals surface area (Å²) in [4.78, 5) is 24.3. The summed E-state index contributed by atoms with van der Waals surface area (Å²) in [6.07, 6.45) is 2.90. The Morgan fingerprint density at radius 2 is 1.59 bits per heavy atom. The molecule has 0 aromatic heterocycles. The van der Waals surface area contributed by atoms with Gasteiger partial charge in [-0.1, -0.05) is 105 Å². The lowest BCUT2D eigenvalue weighted by molar-refractivity contribution is -0.134. The smallest absolute Gasteiger partial charge is 0.407 e. The minimum absolute atomic E-state index is 0.162. The van der Waals surface area contributed by atoms with Crippen molar-refractivity contribution in [1.29, 1.82) is 0 Å². The molecule has 3 aromatic rings. The lowest BCUT2D eigenvalue weighted by Crippen LogP contribution is -2.81. The van der Waals surface area contributed by atoms with E-state index in [0.29, 0.717) is 6.42 Å². The number of amides is 1. The SMILES string of the molecule is COC(=O)/C=C\C[C@@H](CO[Si]1(c2ccccc2)c2ccccc2C1(C)C)NC(=O)OCc1ccccc1. The Bertz CT molecular complexity index is 1250. The second-order valence-electron chi connectivity index (χ2n) is 9.59. The van der Waals surface area contributed by atoms with E-state index in [0.717, 1.165) is 5.56 Å². The van der Waals surface area contributed by atoms with E-state index in [-0.39, 0.29) is 18.3 Å². The van der Waals surface area contributed by atoms with Crippen molar-refractivity contribution in [2.75, 3.05) is 13.7 Å². The molecule has 1 heterocycles. The van der Waals surface area contributed by atoms with Crippen molar-refractivity contribution in [2.45, 2.75) is 38.0 Å². The number of ether oxygens (including phenoxy) is 2. The zero-order valence-corrected chi connectivity index (χ0v) is 22.5. The highest BCUT2D eigenvalue weighted by molar-refractivity contribution is 7.03. The van der Waals surface area contributed by atoms with Crippen molar-refractivity contribution < 1.29 is 23.5 Å². The summed E-state index contributed by atoms with van der Waals surface area (Å²) in [5.74, 6) is -0.449. The second-order valence-corrected chi connectivity index (χ2v) is 13.6. The van der Waals surface area contributed by atoms with Crippen molar-refractivity contribution in [3.05, 3.63) is 108 Å². The normalized spacial score (nSPS) is 18.4. The highest BCUT2D eigenvalue weighted by atomic mass is 28.4. The van der Waals surface area contributed by atoms with E-state index >= 15 is 0 Å². The van der Waals surface area contributed by atoms with Gasteiger partial charge in [0.05, 0.1) is 19.8 Å². The van der Waals surface area contributed by atoms with Crippen LogP contribution >= 0.6 is 0 Å². The van der Waals surface area contributed by atoms with E-state index in [1.54, 1.807) is 6.08 Å². The maximum atomic E-state index is 12.7. The summed E-state index contributed by atoms with van der Waals surface area (Å²) in [6.45, 7) is 4.91. The molecule has 1 N–H and O–H groups in total. The van der Waals surface area contributed by atoms with Gasteiger partial charge in [0.15, 0.2) is 0 Å². The van der Waals surface area contributed by atoms with E-state index in [4.69, 9.17) is 13.9 Å². The molecule has 0 fully saturated rings. The van der Waals surface area contributed by atoms with Crippen LogP contribution in [0.5, 0.6) is 0 Å². The second kappa shape index (κ2) is 11.6. The summed E-state index contributed by atoms with van der Waals surface area (Å²) in [5.41, 5.74) is 2.20. The van der Waals surface area contributed by atoms with Crippen LogP contribution in [0.4, 0.5) is 4.79 Å². The number of carbonyl (C=O) groups excluding carboxylic acids is 2. The molecule has 6 nitrogen and oxygen atoms in total. The standard InChI is InChI=1S/C30H33NO5Si/c1-30(2)26-18-10-11-19-27(26)37(30,25-16-8-5-9-17-25)36-22-24(15-12-20-28(32)34-3)31-29(33)35-21-23-13-6-4-7-14-23/h4-14,16-20,24H,15,21-22H2,1-3H3,(H,31,33)/b20-12-/t24-,37?/m0/s1. The first-order chi connectivity index (χ1) is 17.9. The Morgan fingerprint density at radius 3 is 2.30 bits per heavy atom. The van der Waals surface area contributed by atoms with Gasteiger partial charge in [-0.2, -0.15) is 0 Å². The average Bonchev–Trinajstić information content (AvgIpc) is 2.93. The number of fused-ring (bicyclic) bond motifs is 1. The van der Waals surface area contributed by atoms with E-state index < -0.39 is 26.4 Å². The first kappa shape index (κ1) is 26.4. The van der Waals surface area contributed by atoms with Crippen LogP contribution in [0.2, 0.25) is 0 Å². The van der Waals surface area contributed by atoms with Crippen LogP contribution in [-0.4, -0.2) is 40.1 Å². The fourth-order valence-corrected chi connectivity index (χ4v) is 10.1. The van der Waals surface area contributed by atoms with E-state index in [1.165, 1.54) is 29.1 Å². The number of benzene rings is 3. The molecular weight excluding hydrogens is 482 g/mol. The fourth-order valence-electron chi connectivity index (χ4n) is 5.05. The molecule has 0 saturated carbocycles. The van der Waals surface area contributed by atoms with Gasteiger partial charge in [0.2, 0.25) is 0 Å². The molecule has 192 valence electrons. The highest BCUT2D eigenvalue weighted by Gasteiger charge is 2.63. The van der Waals surface area contributed by atoms with Crippen molar-refractivity contribution >= 4 is 30.8 Å². The van der Waals surface area contributed by atoms with Gasteiger partial charge in [0.1, 0.15) is 6.61 Å². The van der Waals surface area contributed by atoms with E-state index in [2.05, 4.69) is 55.6 Å². The van der Waals surface area contributed by atoms with Crippen molar-refractivity contribution in [3.63, 3.8) is 0 Å². The van der Waals surface area contributed by atoms with Gasteiger partial charge in [-0.3, -0.25) is 0 Å². The summed E-state index contributed by atoms with van der Waals surface area (Å²) < 4.78 is 17.1. The van der Waals surface area contributed by atoms with Gasteiger partial charge >= 0.3 is 12.1 Å². The van der Waals surface area contributed by atoms with Gasteiger partial charge in [-0.25, -0.2) is 9.59 Å². The quantitative estimate of drug-likeness (QED) is 0.251. The number of esters is 1. The van der Waals surface area contributed by atoms with E-state index in [9.17, 15) is 9.59 Å². The van der Waals surface area contributed by atoms with Crippen LogP contribution in [0.3, 0.4) is 0 Å². The molecule has 0 aliphatic carbocycles. The van der Waals surface area contributed by atoms with Gasteiger partial charge in [0.25, 0.3) is 8.32 Å². The minimum atomic E-state index is -2.63. The predicted octanol–water partition coefficient (Wildman–Crippen LogP) is 4.01. The van der Waals surface area contributed by atoms with Gasteiger partial charge in [-0.15, -0.1) is 0 Å². The maximum Gasteiger partial charge on any atom is 0.407 e. The van der Waals surface area contributed by atoms with E-state index in [1.807, 2.05) is 48.5 Å². The number of alkyl carbamates (subject to hydrolysis) is 1. The highest BCUT2D eigenvalue weighted by Crippen LogP contribution is 2.42. The van der Waals surface area contributed by atoms with Crippen LogP contribution in [0.15, 0.2) is 97.1 Å². The van der Waals surface area contributed by atoms with Crippen LogP contribution in [0, 0.1) is 0 Å². The Balaban J connectivity index is 1.54. The molecule has 1 amide bonds. The molecule has 1 aliphatic rings. The Kier molecular flexibility index (Phi) is 8.26. The third-order valence-electron chi connectivity index (χ3n) is 6.95. The zero-order valence-electron chi connectivity index (χ0n) is 21.5. The van der Waals surface area contributed by atoms with Crippen LogP contribution in [0.25, 0.3) is 0 Å². The molecule has 0 saturated heterocycles. The summed E-state index contributed by atoms with van der Waals surface area (Å²) in [7, 11) is -1.30. The Hall–Kier alpha value is -3.68. The number of carbonyl (C=O) groups is 2. The molecular formula is C30H33NO5Si. The van der Waals surface area contributed by atoms with Crippen LogP contribution < -0.4 is 15.7 Å². The fraction of sp³-hybridized carbons (Fsp3) is 0.267. The van der Waals surface area contributed by atoms with Gasteiger partial charge in [-0.05, 0) is 27.9 Å². The molecule has 2 atom stereocenters. The number of methoxy groups -OCH3 is 1. The molecule has 0 spiro atoms. The topological polar surface area (TPSA) is 73.9 Å². The van der Waals surface area contributed by atoms with Crippen LogP contribution in [0.1, 0.15) is 31.4 Å². The molecule has 37 heavy (non-hydrogen) atoms. The number of hydrogen-bond donors (Lipinski definition) is 1. The predicted molar refractivity (Wildman–Crippen MR) is 146 cm³/mol. The monoisotopic (exact) mass is 515 g/mol. The summed E-state index contributed by atoms with van der Waals surface area (Å²) >= 11 is 0. The average molecular weight is 516 g/mol. The van der Waals surface area contributed by atoms with Gasteiger partial charge < -0.3 is 19.2 Å². The minimum Gasteiger partial charge on any atom is -0.466 e. The number of hydrogen-bond acceptors (Lipinski definition) is 5. The van der Waals surface area contributed by atoms with Crippen molar-refractivity contribution in [1.82, 2.24) is 5.32 Å². The molecule has 7 heteroatoms. The number of nitrogens with one attached hydrogen (secondary N) is 1. The lowest BCUT2D eigenvalue weighted by atomic mass is 10.0. The lowest BCUT2D eigenvalue weighted by Gasteiger charge is -2.55. The number of rotatable bonds is 10. The van der Waals surface area contributed by atoms with Crippen molar-refractivity contribution in [3.8, 4) is 0 Å². The third-order valence-corrected chi connectivity index (χ3v) is 11.9. The van der Waals surface area contributed by atoms with Crippen LogP contribution in [-0.2, 0) is 30.3 Å². The molecule has 0 bridgehead atoms. The summed E-state index contributed by atoms with van der Waals surface area (Å²) in [6, 6.07) is 27.9. The first-order valence-corrected chi connectivity index (χ1v) is 14.3. The van der Waals surface area contributed by atoms with Gasteiger partial charge in [0, 0.05) is 11.1 Å². The molecule has 3 aromatic carbocycles.